The number of aryl methyl sites for hydroxylation is 2. The Morgan fingerprint density at radius 2 is 2.04 bits per heavy atom. The Balaban J connectivity index is 1.50. The van der Waals surface area contributed by atoms with Gasteiger partial charge in [0.05, 0.1) is 10.7 Å². The Kier molecular flexibility index (Phi) is 5.63. The molecule has 0 amide bonds. The average molecular weight is 361 g/mol. The molecule has 1 aliphatic heterocycles. The molecule has 7 heteroatoms. The second-order valence-electron chi connectivity index (χ2n) is 6.42. The Labute approximate surface area is 154 Å². The zero-order chi connectivity index (χ0) is 17.8. The molecule has 0 spiro atoms. The van der Waals surface area contributed by atoms with Gasteiger partial charge in [-0.05, 0) is 43.3 Å². The zero-order valence-electron chi connectivity index (χ0n) is 15.6. The fourth-order valence-corrected chi connectivity index (χ4v) is 4.18. The molecule has 0 bridgehead atoms. The van der Waals surface area contributed by atoms with Gasteiger partial charge in [-0.1, -0.05) is 0 Å². The molecule has 1 fully saturated rings. The molecule has 3 heterocycles. The third-order valence-electron chi connectivity index (χ3n) is 4.93. The molecule has 2 aromatic heterocycles. The fraction of sp³-hybridized carbons (Fsp3) is 0.556. The van der Waals surface area contributed by atoms with E-state index in [4.69, 9.17) is 0 Å². The van der Waals surface area contributed by atoms with Crippen molar-refractivity contribution < 1.29 is 0 Å². The Bertz CT molecular complexity index is 710. The standard InChI is InChI=1S/C18H28N6S/c1-14-16(15(2)22(4)21-14)7-8-20-18(19-3)24-11-9-23(10-12-24)17-6-5-13-25-17/h5-6,13H,7-12H2,1-4H3,(H,19,20). The number of rotatable bonds is 4. The molecule has 0 radical (unpaired) electrons. The highest BCUT2D eigenvalue weighted by molar-refractivity contribution is 7.14. The molecule has 1 saturated heterocycles. The summed E-state index contributed by atoms with van der Waals surface area (Å²) < 4.78 is 1.96. The summed E-state index contributed by atoms with van der Waals surface area (Å²) in [5.41, 5.74) is 3.72. The van der Waals surface area contributed by atoms with Crippen molar-refractivity contribution in [2.24, 2.45) is 12.0 Å². The van der Waals surface area contributed by atoms with E-state index in [1.807, 2.05) is 30.1 Å². The highest BCUT2D eigenvalue weighted by atomic mass is 32.1. The number of aromatic nitrogens is 2. The molecule has 0 atom stereocenters. The summed E-state index contributed by atoms with van der Waals surface area (Å²) in [6.07, 6.45) is 0.972. The highest BCUT2D eigenvalue weighted by Crippen LogP contribution is 2.22. The molecule has 1 aliphatic rings. The molecule has 136 valence electrons. The van der Waals surface area contributed by atoms with Gasteiger partial charge >= 0.3 is 0 Å². The van der Waals surface area contributed by atoms with Crippen molar-refractivity contribution in [1.29, 1.82) is 0 Å². The Hall–Kier alpha value is -2.02. The zero-order valence-corrected chi connectivity index (χ0v) is 16.4. The lowest BCUT2D eigenvalue weighted by Gasteiger charge is -2.37. The lowest BCUT2D eigenvalue weighted by atomic mass is 10.1. The van der Waals surface area contributed by atoms with Gasteiger partial charge in [0.15, 0.2) is 5.96 Å². The van der Waals surface area contributed by atoms with Crippen LogP contribution in [0, 0.1) is 13.8 Å². The smallest absolute Gasteiger partial charge is 0.193 e. The molecule has 3 rings (SSSR count). The van der Waals surface area contributed by atoms with E-state index in [9.17, 15) is 0 Å². The molecular formula is C18H28N6S. The summed E-state index contributed by atoms with van der Waals surface area (Å²) in [6.45, 7) is 9.19. The van der Waals surface area contributed by atoms with Crippen molar-refractivity contribution in [2.45, 2.75) is 20.3 Å². The molecule has 1 N–H and O–H groups in total. The first-order valence-electron chi connectivity index (χ1n) is 8.83. The van der Waals surface area contributed by atoms with E-state index in [-0.39, 0.29) is 0 Å². The lowest BCUT2D eigenvalue weighted by Crippen LogP contribution is -2.52. The number of thiophene rings is 1. The fourth-order valence-electron chi connectivity index (χ4n) is 3.40. The minimum atomic E-state index is 0.880. The van der Waals surface area contributed by atoms with Crippen LogP contribution in [0.3, 0.4) is 0 Å². The van der Waals surface area contributed by atoms with E-state index in [1.165, 1.54) is 16.3 Å². The van der Waals surface area contributed by atoms with E-state index in [1.54, 1.807) is 0 Å². The van der Waals surface area contributed by atoms with Crippen molar-refractivity contribution in [2.75, 3.05) is 44.7 Å². The van der Waals surface area contributed by atoms with E-state index in [0.717, 1.165) is 50.8 Å². The molecule has 0 saturated carbocycles. The van der Waals surface area contributed by atoms with Crippen LogP contribution in [0.2, 0.25) is 0 Å². The number of guanidine groups is 1. The van der Waals surface area contributed by atoms with Crippen molar-refractivity contribution in [3.05, 3.63) is 34.5 Å². The lowest BCUT2D eigenvalue weighted by molar-refractivity contribution is 0.374. The summed E-state index contributed by atoms with van der Waals surface area (Å²) in [4.78, 5) is 9.28. The largest absolute Gasteiger partial charge is 0.360 e. The maximum Gasteiger partial charge on any atom is 0.193 e. The topological polar surface area (TPSA) is 48.7 Å². The van der Waals surface area contributed by atoms with Gasteiger partial charge in [-0.2, -0.15) is 5.10 Å². The van der Waals surface area contributed by atoms with E-state index in [2.05, 4.69) is 56.6 Å². The molecule has 0 aromatic carbocycles. The van der Waals surface area contributed by atoms with Gasteiger partial charge in [0.25, 0.3) is 0 Å². The summed E-state index contributed by atoms with van der Waals surface area (Å²) in [5, 5.41) is 11.5. The van der Waals surface area contributed by atoms with E-state index < -0.39 is 0 Å². The predicted molar refractivity (Wildman–Crippen MR) is 106 cm³/mol. The maximum atomic E-state index is 4.49. The first kappa shape index (κ1) is 17.8. The van der Waals surface area contributed by atoms with Crippen molar-refractivity contribution in [3.63, 3.8) is 0 Å². The number of nitrogens with one attached hydrogen (secondary N) is 1. The molecule has 2 aromatic rings. The van der Waals surface area contributed by atoms with Crippen molar-refractivity contribution in [3.8, 4) is 0 Å². The summed E-state index contributed by atoms with van der Waals surface area (Å²) in [5.74, 6) is 1.00. The molecule has 0 aliphatic carbocycles. The quantitative estimate of drug-likeness (QED) is 0.670. The number of anilines is 1. The molecule has 25 heavy (non-hydrogen) atoms. The molecular weight excluding hydrogens is 332 g/mol. The third-order valence-corrected chi connectivity index (χ3v) is 5.85. The second kappa shape index (κ2) is 7.91. The Morgan fingerprint density at radius 1 is 1.28 bits per heavy atom. The minimum absolute atomic E-state index is 0.880. The van der Waals surface area contributed by atoms with Crippen molar-refractivity contribution in [1.82, 2.24) is 20.0 Å². The molecule has 0 unspecified atom stereocenters. The number of aliphatic imine (C=N–C) groups is 1. The van der Waals surface area contributed by atoms with Crippen LogP contribution < -0.4 is 10.2 Å². The Morgan fingerprint density at radius 3 is 2.60 bits per heavy atom. The normalized spacial score (nSPS) is 15.8. The van der Waals surface area contributed by atoms with Gasteiger partial charge in [0, 0.05) is 52.5 Å². The van der Waals surface area contributed by atoms with Gasteiger partial charge in [-0.3, -0.25) is 9.67 Å². The van der Waals surface area contributed by atoms with Crippen LogP contribution in [-0.4, -0.2) is 60.4 Å². The molecule has 6 nitrogen and oxygen atoms in total. The van der Waals surface area contributed by atoms with Crippen LogP contribution in [0.4, 0.5) is 5.00 Å². The van der Waals surface area contributed by atoms with Gasteiger partial charge < -0.3 is 15.1 Å². The number of nitrogens with zero attached hydrogens (tertiary/aromatic N) is 5. The van der Waals surface area contributed by atoms with Crippen LogP contribution in [0.25, 0.3) is 0 Å². The third kappa shape index (κ3) is 3.98. The minimum Gasteiger partial charge on any atom is -0.360 e. The van der Waals surface area contributed by atoms with Crippen LogP contribution in [0.15, 0.2) is 22.5 Å². The monoisotopic (exact) mass is 360 g/mol. The summed E-state index contributed by atoms with van der Waals surface area (Å²) >= 11 is 1.81. The summed E-state index contributed by atoms with van der Waals surface area (Å²) in [7, 11) is 3.87. The number of hydrogen-bond donors (Lipinski definition) is 1. The van der Waals surface area contributed by atoms with Gasteiger partial charge in [-0.25, -0.2) is 0 Å². The predicted octanol–water partition coefficient (Wildman–Crippen LogP) is 2.04. The first-order valence-corrected chi connectivity index (χ1v) is 9.71. The average Bonchev–Trinajstić information content (AvgIpc) is 3.23. The SMILES string of the molecule is CN=C(NCCc1c(C)nn(C)c1C)N1CCN(c2cccs2)CC1. The van der Waals surface area contributed by atoms with Crippen molar-refractivity contribution >= 4 is 22.3 Å². The van der Waals surface area contributed by atoms with Gasteiger partial charge in [0.2, 0.25) is 0 Å². The van der Waals surface area contributed by atoms with Gasteiger partial charge in [0.1, 0.15) is 0 Å². The maximum absolute atomic E-state index is 4.49. The van der Waals surface area contributed by atoms with Crippen LogP contribution >= 0.6 is 11.3 Å². The second-order valence-corrected chi connectivity index (χ2v) is 7.35. The number of hydrogen-bond acceptors (Lipinski definition) is 4. The van der Waals surface area contributed by atoms with E-state index in [0.29, 0.717) is 0 Å². The highest BCUT2D eigenvalue weighted by Gasteiger charge is 2.20. The van der Waals surface area contributed by atoms with Gasteiger partial charge in [-0.15, -0.1) is 11.3 Å². The first-order chi connectivity index (χ1) is 12.1. The van der Waals surface area contributed by atoms with Crippen LogP contribution in [0.5, 0.6) is 0 Å². The summed E-state index contributed by atoms with van der Waals surface area (Å²) in [6, 6.07) is 4.32. The van der Waals surface area contributed by atoms with Crippen LogP contribution in [-0.2, 0) is 13.5 Å². The van der Waals surface area contributed by atoms with Crippen LogP contribution in [0.1, 0.15) is 17.0 Å². The van der Waals surface area contributed by atoms with E-state index >= 15 is 0 Å². The number of piperazine rings is 1.